The van der Waals surface area contributed by atoms with Crippen LogP contribution in [-0.2, 0) is 4.74 Å². The molecule has 1 aromatic heterocycles. The highest BCUT2D eigenvalue weighted by Crippen LogP contribution is 2.34. The normalized spacial score (nSPS) is 25.6. The Labute approximate surface area is 95.0 Å². The standard InChI is InChI=1S/C13H17NO2/c15-13-7-4-10(9-14(13)11-5-6-11)12-3-1-2-8-16-12/h4,7,9,11-12H,1-3,5-6,8H2/t12-/m1/s1. The number of ether oxygens (including phenoxy) is 1. The summed E-state index contributed by atoms with van der Waals surface area (Å²) in [6.45, 7) is 0.854. The molecular formula is C13H17NO2. The molecule has 0 N–H and O–H groups in total. The zero-order chi connectivity index (χ0) is 11.0. The van der Waals surface area contributed by atoms with E-state index in [-0.39, 0.29) is 11.7 Å². The van der Waals surface area contributed by atoms with Crippen LogP contribution in [0.4, 0.5) is 0 Å². The maximum absolute atomic E-state index is 11.7. The Morgan fingerprint density at radius 1 is 1.19 bits per heavy atom. The van der Waals surface area contributed by atoms with E-state index < -0.39 is 0 Å². The van der Waals surface area contributed by atoms with Gasteiger partial charge in [0.2, 0.25) is 0 Å². The van der Waals surface area contributed by atoms with Crippen LogP contribution in [0, 0.1) is 0 Å². The van der Waals surface area contributed by atoms with Gasteiger partial charge in [-0.05, 0) is 43.7 Å². The minimum atomic E-state index is 0.127. The quantitative estimate of drug-likeness (QED) is 0.765. The van der Waals surface area contributed by atoms with Gasteiger partial charge in [0, 0.05) is 24.9 Å². The minimum absolute atomic E-state index is 0.127. The van der Waals surface area contributed by atoms with Crippen LogP contribution in [-0.4, -0.2) is 11.2 Å². The summed E-state index contributed by atoms with van der Waals surface area (Å²) in [5, 5.41) is 0. The van der Waals surface area contributed by atoms with Gasteiger partial charge in [0.25, 0.3) is 5.56 Å². The van der Waals surface area contributed by atoms with Crippen molar-refractivity contribution in [1.82, 2.24) is 4.57 Å². The zero-order valence-corrected chi connectivity index (χ0v) is 9.39. The first-order valence-corrected chi connectivity index (χ1v) is 6.18. The summed E-state index contributed by atoms with van der Waals surface area (Å²) in [7, 11) is 0. The lowest BCUT2D eigenvalue weighted by atomic mass is 10.0. The molecule has 0 bridgehead atoms. The molecule has 2 heterocycles. The monoisotopic (exact) mass is 219 g/mol. The SMILES string of the molecule is O=c1ccc([C@H]2CCCCO2)cn1C1CC1. The Balaban J connectivity index is 1.88. The molecule has 3 nitrogen and oxygen atoms in total. The topological polar surface area (TPSA) is 31.2 Å². The predicted octanol–water partition coefficient (Wildman–Crippen LogP) is 2.42. The van der Waals surface area contributed by atoms with E-state index in [0.29, 0.717) is 6.04 Å². The summed E-state index contributed by atoms with van der Waals surface area (Å²) in [4.78, 5) is 11.7. The molecule has 1 atom stereocenters. The summed E-state index contributed by atoms with van der Waals surface area (Å²) in [5.41, 5.74) is 1.30. The minimum Gasteiger partial charge on any atom is -0.373 e. The van der Waals surface area contributed by atoms with Gasteiger partial charge in [-0.1, -0.05) is 0 Å². The van der Waals surface area contributed by atoms with E-state index in [0.717, 1.165) is 25.9 Å². The smallest absolute Gasteiger partial charge is 0.250 e. The fourth-order valence-electron chi connectivity index (χ4n) is 2.35. The van der Waals surface area contributed by atoms with Gasteiger partial charge in [0.15, 0.2) is 0 Å². The van der Waals surface area contributed by atoms with Crippen molar-refractivity contribution in [2.45, 2.75) is 44.2 Å². The first kappa shape index (κ1) is 10.1. The van der Waals surface area contributed by atoms with Gasteiger partial charge in [0.05, 0.1) is 6.10 Å². The highest BCUT2D eigenvalue weighted by Gasteiger charge is 2.25. The Bertz CT molecular complexity index is 428. The summed E-state index contributed by atoms with van der Waals surface area (Å²) >= 11 is 0. The zero-order valence-electron chi connectivity index (χ0n) is 9.39. The molecule has 2 aliphatic rings. The average Bonchev–Trinajstić information content (AvgIpc) is 3.15. The third kappa shape index (κ3) is 1.92. The van der Waals surface area contributed by atoms with E-state index in [1.54, 1.807) is 6.07 Å². The van der Waals surface area contributed by atoms with Gasteiger partial charge < -0.3 is 9.30 Å². The van der Waals surface area contributed by atoms with E-state index in [4.69, 9.17) is 4.74 Å². The van der Waals surface area contributed by atoms with E-state index in [1.807, 2.05) is 16.8 Å². The summed E-state index contributed by atoms with van der Waals surface area (Å²) < 4.78 is 7.63. The van der Waals surface area contributed by atoms with Crippen LogP contribution in [0.15, 0.2) is 23.1 Å². The largest absolute Gasteiger partial charge is 0.373 e. The van der Waals surface area contributed by atoms with Crippen LogP contribution in [0.25, 0.3) is 0 Å². The number of aromatic nitrogens is 1. The molecule has 0 aromatic carbocycles. The van der Waals surface area contributed by atoms with Crippen molar-refractivity contribution in [3.8, 4) is 0 Å². The van der Waals surface area contributed by atoms with Crippen molar-refractivity contribution in [1.29, 1.82) is 0 Å². The average molecular weight is 219 g/mol. The van der Waals surface area contributed by atoms with Gasteiger partial charge in [-0.25, -0.2) is 0 Å². The first-order chi connectivity index (χ1) is 7.84. The molecule has 1 saturated carbocycles. The molecule has 0 unspecified atom stereocenters. The summed E-state index contributed by atoms with van der Waals surface area (Å²) in [6, 6.07) is 4.07. The van der Waals surface area contributed by atoms with Crippen LogP contribution >= 0.6 is 0 Å². The maximum atomic E-state index is 11.7. The van der Waals surface area contributed by atoms with Crippen LogP contribution in [0.5, 0.6) is 0 Å². The molecule has 3 rings (SSSR count). The highest BCUT2D eigenvalue weighted by molar-refractivity contribution is 5.15. The van der Waals surface area contributed by atoms with Crippen molar-refractivity contribution in [3.05, 3.63) is 34.2 Å². The molecule has 86 valence electrons. The number of pyridine rings is 1. The molecule has 1 aliphatic heterocycles. The van der Waals surface area contributed by atoms with Crippen LogP contribution in [0.2, 0.25) is 0 Å². The van der Waals surface area contributed by atoms with E-state index in [9.17, 15) is 4.79 Å². The third-order valence-electron chi connectivity index (χ3n) is 3.45. The maximum Gasteiger partial charge on any atom is 0.250 e. The molecule has 1 saturated heterocycles. The highest BCUT2D eigenvalue weighted by atomic mass is 16.5. The van der Waals surface area contributed by atoms with Crippen molar-refractivity contribution in [3.63, 3.8) is 0 Å². The van der Waals surface area contributed by atoms with E-state index in [2.05, 4.69) is 0 Å². The fraction of sp³-hybridized carbons (Fsp3) is 0.615. The van der Waals surface area contributed by atoms with Gasteiger partial charge in [-0.2, -0.15) is 0 Å². The Kier molecular flexibility index (Phi) is 2.56. The lowest BCUT2D eigenvalue weighted by Crippen LogP contribution is -2.20. The van der Waals surface area contributed by atoms with Crippen molar-refractivity contribution < 1.29 is 4.74 Å². The van der Waals surface area contributed by atoms with Gasteiger partial charge >= 0.3 is 0 Å². The van der Waals surface area contributed by atoms with Crippen molar-refractivity contribution >= 4 is 0 Å². The van der Waals surface area contributed by atoms with Crippen molar-refractivity contribution in [2.75, 3.05) is 6.61 Å². The number of hydrogen-bond acceptors (Lipinski definition) is 2. The molecule has 3 heteroatoms. The molecule has 1 aromatic rings. The van der Waals surface area contributed by atoms with Crippen LogP contribution in [0.3, 0.4) is 0 Å². The van der Waals surface area contributed by atoms with Crippen LogP contribution < -0.4 is 5.56 Å². The number of hydrogen-bond donors (Lipinski definition) is 0. The second kappa shape index (κ2) is 4.06. The Morgan fingerprint density at radius 2 is 2.06 bits per heavy atom. The number of rotatable bonds is 2. The van der Waals surface area contributed by atoms with E-state index >= 15 is 0 Å². The predicted molar refractivity (Wildman–Crippen MR) is 61.5 cm³/mol. The third-order valence-corrected chi connectivity index (χ3v) is 3.45. The first-order valence-electron chi connectivity index (χ1n) is 6.18. The molecule has 0 amide bonds. The van der Waals surface area contributed by atoms with E-state index in [1.165, 1.54) is 18.4 Å². The van der Waals surface area contributed by atoms with Gasteiger partial charge in [-0.15, -0.1) is 0 Å². The second-order valence-electron chi connectivity index (χ2n) is 4.79. The molecule has 0 radical (unpaired) electrons. The lowest BCUT2D eigenvalue weighted by Gasteiger charge is -2.23. The fourth-order valence-corrected chi connectivity index (χ4v) is 2.35. The van der Waals surface area contributed by atoms with Crippen LogP contribution in [0.1, 0.15) is 49.8 Å². The van der Waals surface area contributed by atoms with Gasteiger partial charge in [-0.3, -0.25) is 4.79 Å². The molecule has 16 heavy (non-hydrogen) atoms. The lowest BCUT2D eigenvalue weighted by molar-refractivity contribution is 0.0145. The molecule has 2 fully saturated rings. The molecule has 1 aliphatic carbocycles. The summed E-state index contributed by atoms with van der Waals surface area (Å²) in [6.07, 6.45) is 7.99. The van der Waals surface area contributed by atoms with Gasteiger partial charge in [0.1, 0.15) is 0 Å². The molecular weight excluding hydrogens is 202 g/mol. The van der Waals surface area contributed by atoms with Crippen molar-refractivity contribution in [2.24, 2.45) is 0 Å². The Morgan fingerprint density at radius 3 is 2.75 bits per heavy atom. The molecule has 0 spiro atoms. The second-order valence-corrected chi connectivity index (χ2v) is 4.79. The summed E-state index contributed by atoms with van der Waals surface area (Å²) in [5.74, 6) is 0. The Hall–Kier alpha value is -1.09. The number of nitrogens with zero attached hydrogens (tertiary/aromatic N) is 1.